The second-order valence-electron chi connectivity index (χ2n) is 7.43. The van der Waals surface area contributed by atoms with Gasteiger partial charge in [0.15, 0.2) is 5.76 Å². The van der Waals surface area contributed by atoms with E-state index in [-0.39, 0.29) is 36.6 Å². The standard InChI is InChI=1S/C25H19Cl2N3O5/c26-18-6-7-20(19(27)13-18)34-10-9-29-25(33)22-23(16-4-1-3-15(11-16)12-21(31)32)30-35-24(22)17-5-2-8-28-14-17/h1-8,11,13-14H,9-10,12H2,(H,29,33)(H,31,32). The molecule has 178 valence electrons. The fourth-order valence-corrected chi connectivity index (χ4v) is 3.86. The van der Waals surface area contributed by atoms with E-state index in [0.29, 0.717) is 32.5 Å². The van der Waals surface area contributed by atoms with Crippen molar-refractivity contribution in [3.63, 3.8) is 0 Å². The number of carboxylic acids is 1. The van der Waals surface area contributed by atoms with E-state index in [1.165, 1.54) is 0 Å². The van der Waals surface area contributed by atoms with Crippen LogP contribution in [-0.4, -0.2) is 40.3 Å². The van der Waals surface area contributed by atoms with E-state index >= 15 is 0 Å². The Morgan fingerprint density at radius 3 is 2.63 bits per heavy atom. The Morgan fingerprint density at radius 2 is 1.89 bits per heavy atom. The maximum Gasteiger partial charge on any atom is 0.307 e. The number of nitrogens with zero attached hydrogens (tertiary/aromatic N) is 2. The number of amides is 1. The predicted octanol–water partition coefficient (Wildman–Crippen LogP) is 5.15. The fraction of sp³-hybridized carbons (Fsp3) is 0.120. The van der Waals surface area contributed by atoms with Gasteiger partial charge in [0.25, 0.3) is 5.91 Å². The smallest absolute Gasteiger partial charge is 0.307 e. The Kier molecular flexibility index (Phi) is 7.64. The lowest BCUT2D eigenvalue weighted by atomic mass is 10.00. The minimum absolute atomic E-state index is 0.157. The zero-order valence-corrected chi connectivity index (χ0v) is 19.7. The molecule has 8 nitrogen and oxygen atoms in total. The van der Waals surface area contributed by atoms with Gasteiger partial charge in [-0.2, -0.15) is 0 Å². The highest BCUT2D eigenvalue weighted by Crippen LogP contribution is 2.32. The summed E-state index contributed by atoms with van der Waals surface area (Å²) in [6.45, 7) is 0.331. The van der Waals surface area contributed by atoms with Crippen LogP contribution in [-0.2, 0) is 11.2 Å². The summed E-state index contributed by atoms with van der Waals surface area (Å²) in [7, 11) is 0. The van der Waals surface area contributed by atoms with Crippen LogP contribution in [0.3, 0.4) is 0 Å². The van der Waals surface area contributed by atoms with Gasteiger partial charge in [-0.1, -0.05) is 46.6 Å². The zero-order valence-electron chi connectivity index (χ0n) is 18.2. The van der Waals surface area contributed by atoms with Gasteiger partial charge >= 0.3 is 5.97 Å². The second kappa shape index (κ2) is 11.0. The van der Waals surface area contributed by atoms with Crippen molar-refractivity contribution in [1.29, 1.82) is 0 Å². The highest BCUT2D eigenvalue weighted by molar-refractivity contribution is 6.35. The molecular formula is C25H19Cl2N3O5. The van der Waals surface area contributed by atoms with Crippen LogP contribution in [0.15, 0.2) is 71.5 Å². The summed E-state index contributed by atoms with van der Waals surface area (Å²) < 4.78 is 11.2. The Morgan fingerprint density at radius 1 is 1.06 bits per heavy atom. The van der Waals surface area contributed by atoms with Gasteiger partial charge in [0.05, 0.1) is 18.0 Å². The minimum atomic E-state index is -0.961. The van der Waals surface area contributed by atoms with Crippen LogP contribution in [0.2, 0.25) is 10.0 Å². The first-order chi connectivity index (χ1) is 16.9. The number of ether oxygens (including phenoxy) is 1. The summed E-state index contributed by atoms with van der Waals surface area (Å²) in [6.07, 6.45) is 3.01. The van der Waals surface area contributed by atoms with Crippen molar-refractivity contribution < 1.29 is 24.0 Å². The van der Waals surface area contributed by atoms with Crippen LogP contribution in [0.1, 0.15) is 15.9 Å². The van der Waals surface area contributed by atoms with Crippen molar-refractivity contribution in [2.24, 2.45) is 0 Å². The lowest BCUT2D eigenvalue weighted by Gasteiger charge is -2.10. The van der Waals surface area contributed by atoms with E-state index in [4.69, 9.17) is 37.6 Å². The molecule has 1 amide bonds. The quantitative estimate of drug-likeness (QED) is 0.298. The van der Waals surface area contributed by atoms with Crippen molar-refractivity contribution in [3.8, 4) is 28.3 Å². The first-order valence-electron chi connectivity index (χ1n) is 10.5. The normalized spacial score (nSPS) is 10.7. The second-order valence-corrected chi connectivity index (χ2v) is 8.27. The van der Waals surface area contributed by atoms with Crippen LogP contribution in [0, 0.1) is 0 Å². The minimum Gasteiger partial charge on any atom is -0.490 e. The maximum absolute atomic E-state index is 13.3. The number of hydrogen-bond donors (Lipinski definition) is 2. The third-order valence-electron chi connectivity index (χ3n) is 4.94. The number of pyridine rings is 1. The number of aromatic nitrogens is 2. The van der Waals surface area contributed by atoms with Crippen LogP contribution >= 0.6 is 23.2 Å². The van der Waals surface area contributed by atoms with E-state index in [2.05, 4.69) is 15.5 Å². The van der Waals surface area contributed by atoms with Crippen LogP contribution in [0.25, 0.3) is 22.6 Å². The molecule has 0 fully saturated rings. The van der Waals surface area contributed by atoms with E-state index in [9.17, 15) is 9.59 Å². The Balaban J connectivity index is 1.57. The molecule has 0 radical (unpaired) electrons. The van der Waals surface area contributed by atoms with Crippen molar-refractivity contribution >= 4 is 35.1 Å². The number of rotatable bonds is 9. The van der Waals surface area contributed by atoms with Gasteiger partial charge in [-0.05, 0) is 42.0 Å². The van der Waals surface area contributed by atoms with Crippen LogP contribution in [0.4, 0.5) is 0 Å². The van der Waals surface area contributed by atoms with Gasteiger partial charge in [0.2, 0.25) is 0 Å². The summed E-state index contributed by atoms with van der Waals surface area (Å²) in [5, 5.41) is 16.9. The number of carbonyl (C=O) groups excluding carboxylic acids is 1. The molecule has 2 N–H and O–H groups in total. The predicted molar refractivity (Wildman–Crippen MR) is 131 cm³/mol. The molecule has 35 heavy (non-hydrogen) atoms. The SMILES string of the molecule is O=C(O)Cc1cccc(-c2noc(-c3cccnc3)c2C(=O)NCCOc2ccc(Cl)cc2Cl)c1. The lowest BCUT2D eigenvalue weighted by Crippen LogP contribution is -2.28. The summed E-state index contributed by atoms with van der Waals surface area (Å²) in [5.41, 5.74) is 2.19. The van der Waals surface area contributed by atoms with E-state index < -0.39 is 11.9 Å². The molecule has 2 aromatic heterocycles. The number of aliphatic carboxylic acids is 1. The first-order valence-corrected chi connectivity index (χ1v) is 11.2. The molecule has 4 aromatic rings. The summed E-state index contributed by atoms with van der Waals surface area (Å²) in [6, 6.07) is 15.1. The summed E-state index contributed by atoms with van der Waals surface area (Å²) >= 11 is 12.0. The van der Waals surface area contributed by atoms with Crippen molar-refractivity contribution in [2.75, 3.05) is 13.2 Å². The summed E-state index contributed by atoms with van der Waals surface area (Å²) in [5.74, 6) is -0.704. The first kappa shape index (κ1) is 24.3. The topological polar surface area (TPSA) is 115 Å². The van der Waals surface area contributed by atoms with E-state index in [1.807, 2.05) is 0 Å². The van der Waals surface area contributed by atoms with E-state index in [0.717, 1.165) is 0 Å². The third-order valence-corrected chi connectivity index (χ3v) is 5.47. The monoisotopic (exact) mass is 511 g/mol. The number of hydrogen-bond acceptors (Lipinski definition) is 6. The van der Waals surface area contributed by atoms with Gasteiger partial charge in [-0.15, -0.1) is 0 Å². The van der Waals surface area contributed by atoms with E-state index in [1.54, 1.807) is 67.0 Å². The molecule has 0 atom stereocenters. The highest BCUT2D eigenvalue weighted by atomic mass is 35.5. The van der Waals surface area contributed by atoms with Gasteiger partial charge in [-0.3, -0.25) is 14.6 Å². The number of nitrogens with one attached hydrogen (secondary N) is 1. The van der Waals surface area contributed by atoms with Crippen molar-refractivity contribution in [2.45, 2.75) is 6.42 Å². The van der Waals surface area contributed by atoms with Gasteiger partial charge in [0, 0.05) is 28.5 Å². The third kappa shape index (κ3) is 5.98. The highest BCUT2D eigenvalue weighted by Gasteiger charge is 2.25. The molecule has 0 aliphatic carbocycles. The Labute approximate surface area is 210 Å². The average Bonchev–Trinajstić information content (AvgIpc) is 3.28. The molecule has 0 saturated heterocycles. The van der Waals surface area contributed by atoms with Crippen molar-refractivity contribution in [3.05, 3.63) is 88.2 Å². The Hall–Kier alpha value is -3.88. The Bertz CT molecular complexity index is 1360. The fourth-order valence-electron chi connectivity index (χ4n) is 3.40. The number of carbonyl (C=O) groups is 2. The largest absolute Gasteiger partial charge is 0.490 e. The number of carboxylic acid groups (broad SMARTS) is 1. The summed E-state index contributed by atoms with van der Waals surface area (Å²) in [4.78, 5) is 28.5. The molecule has 0 aliphatic heterocycles. The molecule has 0 saturated carbocycles. The molecule has 0 aliphatic rings. The van der Waals surface area contributed by atoms with Gasteiger partial charge in [0.1, 0.15) is 23.6 Å². The van der Waals surface area contributed by atoms with Gasteiger partial charge < -0.3 is 19.7 Å². The zero-order chi connectivity index (χ0) is 24.8. The molecule has 0 bridgehead atoms. The molecule has 2 aromatic carbocycles. The van der Waals surface area contributed by atoms with Crippen molar-refractivity contribution in [1.82, 2.24) is 15.5 Å². The molecule has 0 unspecified atom stereocenters. The maximum atomic E-state index is 13.3. The molecule has 2 heterocycles. The molecule has 10 heteroatoms. The van der Waals surface area contributed by atoms with Gasteiger partial charge in [-0.25, -0.2) is 0 Å². The number of halogens is 2. The van der Waals surface area contributed by atoms with Crippen LogP contribution in [0.5, 0.6) is 5.75 Å². The molecule has 0 spiro atoms. The lowest BCUT2D eigenvalue weighted by molar-refractivity contribution is -0.136. The van der Waals surface area contributed by atoms with Crippen LogP contribution < -0.4 is 10.1 Å². The average molecular weight is 512 g/mol. The molecule has 4 rings (SSSR count). The number of benzene rings is 2. The molecular weight excluding hydrogens is 493 g/mol.